The SMILES string of the molecule is CNCC1OCCc2c(-c3ccncc3)cccc21. The summed E-state index contributed by atoms with van der Waals surface area (Å²) in [6, 6.07) is 10.6. The first-order valence-electron chi connectivity index (χ1n) is 6.68. The topological polar surface area (TPSA) is 34.1 Å². The summed E-state index contributed by atoms with van der Waals surface area (Å²) >= 11 is 0. The fourth-order valence-electron chi connectivity index (χ4n) is 2.73. The zero-order valence-corrected chi connectivity index (χ0v) is 11.1. The Balaban J connectivity index is 2.06. The summed E-state index contributed by atoms with van der Waals surface area (Å²) in [6.45, 7) is 1.65. The van der Waals surface area contributed by atoms with Gasteiger partial charge in [0.05, 0.1) is 12.7 Å². The van der Waals surface area contributed by atoms with Crippen LogP contribution in [0.25, 0.3) is 11.1 Å². The number of aromatic nitrogens is 1. The molecule has 1 aromatic carbocycles. The first-order chi connectivity index (χ1) is 9.40. The Morgan fingerprint density at radius 2 is 2.11 bits per heavy atom. The van der Waals surface area contributed by atoms with Gasteiger partial charge >= 0.3 is 0 Å². The number of fused-ring (bicyclic) bond motifs is 1. The Morgan fingerprint density at radius 1 is 1.26 bits per heavy atom. The van der Waals surface area contributed by atoms with Crippen LogP contribution in [0.2, 0.25) is 0 Å². The molecule has 0 bridgehead atoms. The van der Waals surface area contributed by atoms with Crippen LogP contribution in [0.3, 0.4) is 0 Å². The zero-order chi connectivity index (χ0) is 13.1. The number of pyridine rings is 1. The molecule has 1 N–H and O–H groups in total. The highest BCUT2D eigenvalue weighted by molar-refractivity contribution is 5.69. The fraction of sp³-hybridized carbons (Fsp3) is 0.312. The van der Waals surface area contributed by atoms with Gasteiger partial charge in [-0.3, -0.25) is 4.98 Å². The number of nitrogens with zero attached hydrogens (tertiary/aromatic N) is 1. The van der Waals surface area contributed by atoms with E-state index in [9.17, 15) is 0 Å². The second-order valence-electron chi connectivity index (χ2n) is 4.78. The normalized spacial score (nSPS) is 18.1. The summed E-state index contributed by atoms with van der Waals surface area (Å²) in [5, 5.41) is 3.20. The van der Waals surface area contributed by atoms with Crippen LogP contribution in [0.4, 0.5) is 0 Å². The molecular formula is C16H18N2O. The molecule has 1 aliphatic rings. The smallest absolute Gasteiger partial charge is 0.0952 e. The van der Waals surface area contributed by atoms with Gasteiger partial charge in [-0.25, -0.2) is 0 Å². The van der Waals surface area contributed by atoms with E-state index >= 15 is 0 Å². The molecule has 0 aliphatic carbocycles. The van der Waals surface area contributed by atoms with Gasteiger partial charge in [0.1, 0.15) is 0 Å². The molecule has 98 valence electrons. The molecule has 0 spiro atoms. The van der Waals surface area contributed by atoms with Crippen LogP contribution >= 0.6 is 0 Å². The lowest BCUT2D eigenvalue weighted by Gasteiger charge is -2.27. The maximum atomic E-state index is 5.86. The number of likely N-dealkylation sites (N-methyl/N-ethyl adjacent to an activating group) is 1. The Morgan fingerprint density at radius 3 is 2.89 bits per heavy atom. The van der Waals surface area contributed by atoms with E-state index < -0.39 is 0 Å². The van der Waals surface area contributed by atoms with Gasteiger partial charge in [0.2, 0.25) is 0 Å². The Kier molecular flexibility index (Phi) is 3.58. The van der Waals surface area contributed by atoms with Crippen molar-refractivity contribution in [1.82, 2.24) is 10.3 Å². The number of rotatable bonds is 3. The summed E-state index contributed by atoms with van der Waals surface area (Å²) in [5.41, 5.74) is 5.27. The van der Waals surface area contributed by atoms with Crippen molar-refractivity contribution < 1.29 is 4.74 Å². The van der Waals surface area contributed by atoms with Gasteiger partial charge in [0.15, 0.2) is 0 Å². The summed E-state index contributed by atoms with van der Waals surface area (Å²) in [7, 11) is 1.96. The molecule has 0 amide bonds. The average molecular weight is 254 g/mol. The summed E-state index contributed by atoms with van der Waals surface area (Å²) < 4.78 is 5.86. The molecule has 2 aromatic rings. The van der Waals surface area contributed by atoms with Gasteiger partial charge in [-0.15, -0.1) is 0 Å². The molecule has 1 unspecified atom stereocenters. The highest BCUT2D eigenvalue weighted by Gasteiger charge is 2.22. The van der Waals surface area contributed by atoms with Crippen molar-refractivity contribution in [3.05, 3.63) is 53.9 Å². The molecule has 3 nitrogen and oxygen atoms in total. The number of ether oxygens (including phenoxy) is 1. The number of hydrogen-bond donors (Lipinski definition) is 1. The van der Waals surface area contributed by atoms with Crippen LogP contribution < -0.4 is 5.32 Å². The van der Waals surface area contributed by atoms with E-state index in [1.165, 1.54) is 22.3 Å². The second-order valence-corrected chi connectivity index (χ2v) is 4.78. The van der Waals surface area contributed by atoms with Crippen molar-refractivity contribution in [1.29, 1.82) is 0 Å². The molecule has 2 heterocycles. The third-order valence-electron chi connectivity index (χ3n) is 3.61. The Bertz CT molecular complexity index is 554. The van der Waals surface area contributed by atoms with Crippen molar-refractivity contribution in [2.45, 2.75) is 12.5 Å². The lowest BCUT2D eigenvalue weighted by Crippen LogP contribution is -2.25. The molecule has 1 aromatic heterocycles. The quantitative estimate of drug-likeness (QED) is 0.914. The van der Waals surface area contributed by atoms with Crippen molar-refractivity contribution in [3.63, 3.8) is 0 Å². The summed E-state index contributed by atoms with van der Waals surface area (Å²) in [6.07, 6.45) is 4.84. The first kappa shape index (κ1) is 12.3. The number of hydrogen-bond acceptors (Lipinski definition) is 3. The molecular weight excluding hydrogens is 236 g/mol. The second kappa shape index (κ2) is 5.51. The largest absolute Gasteiger partial charge is 0.372 e. The monoisotopic (exact) mass is 254 g/mol. The molecule has 0 fully saturated rings. The van der Waals surface area contributed by atoms with Gasteiger partial charge in [-0.1, -0.05) is 18.2 Å². The van der Waals surface area contributed by atoms with E-state index in [1.54, 1.807) is 0 Å². The lowest BCUT2D eigenvalue weighted by molar-refractivity contribution is 0.0440. The van der Waals surface area contributed by atoms with Crippen LogP contribution in [0, 0.1) is 0 Å². The molecule has 19 heavy (non-hydrogen) atoms. The molecule has 0 saturated carbocycles. The van der Waals surface area contributed by atoms with Gasteiger partial charge < -0.3 is 10.1 Å². The van der Waals surface area contributed by atoms with E-state index in [2.05, 4.69) is 40.6 Å². The van der Waals surface area contributed by atoms with Crippen molar-refractivity contribution in [2.24, 2.45) is 0 Å². The molecule has 3 rings (SSSR count). The zero-order valence-electron chi connectivity index (χ0n) is 11.1. The number of benzene rings is 1. The van der Waals surface area contributed by atoms with E-state index in [-0.39, 0.29) is 6.10 Å². The molecule has 0 saturated heterocycles. The van der Waals surface area contributed by atoms with E-state index in [0.29, 0.717) is 0 Å². The fourth-order valence-corrected chi connectivity index (χ4v) is 2.73. The van der Waals surface area contributed by atoms with Crippen LogP contribution in [0.5, 0.6) is 0 Å². The highest BCUT2D eigenvalue weighted by Crippen LogP contribution is 2.33. The van der Waals surface area contributed by atoms with E-state index in [4.69, 9.17) is 4.74 Å². The molecule has 1 atom stereocenters. The van der Waals surface area contributed by atoms with Crippen molar-refractivity contribution in [2.75, 3.05) is 20.2 Å². The van der Waals surface area contributed by atoms with E-state index in [1.807, 2.05) is 19.4 Å². The third kappa shape index (κ3) is 2.39. The van der Waals surface area contributed by atoms with Crippen LogP contribution in [0.1, 0.15) is 17.2 Å². The summed E-state index contributed by atoms with van der Waals surface area (Å²) in [5.74, 6) is 0. The molecule has 0 radical (unpaired) electrons. The predicted octanol–water partition coefficient (Wildman–Crippen LogP) is 2.58. The van der Waals surface area contributed by atoms with E-state index in [0.717, 1.165) is 19.6 Å². The lowest BCUT2D eigenvalue weighted by atomic mass is 9.90. The van der Waals surface area contributed by atoms with Gasteiger partial charge in [-0.05, 0) is 47.9 Å². The Hall–Kier alpha value is -1.71. The van der Waals surface area contributed by atoms with Crippen molar-refractivity contribution >= 4 is 0 Å². The minimum Gasteiger partial charge on any atom is -0.372 e. The highest BCUT2D eigenvalue weighted by atomic mass is 16.5. The van der Waals surface area contributed by atoms with Gasteiger partial charge in [0, 0.05) is 18.9 Å². The maximum absolute atomic E-state index is 5.86. The minimum absolute atomic E-state index is 0.163. The Labute approximate surface area is 113 Å². The average Bonchev–Trinajstić information content (AvgIpc) is 2.48. The first-order valence-corrected chi connectivity index (χ1v) is 6.68. The number of nitrogens with one attached hydrogen (secondary N) is 1. The molecule has 3 heteroatoms. The van der Waals surface area contributed by atoms with Crippen LogP contribution in [-0.2, 0) is 11.2 Å². The minimum atomic E-state index is 0.163. The van der Waals surface area contributed by atoms with Crippen LogP contribution in [0.15, 0.2) is 42.7 Å². The van der Waals surface area contributed by atoms with Gasteiger partial charge in [-0.2, -0.15) is 0 Å². The predicted molar refractivity (Wildman–Crippen MR) is 76.0 cm³/mol. The summed E-state index contributed by atoms with van der Waals surface area (Å²) in [4.78, 5) is 4.09. The van der Waals surface area contributed by atoms with Crippen molar-refractivity contribution in [3.8, 4) is 11.1 Å². The third-order valence-corrected chi connectivity index (χ3v) is 3.61. The molecule has 1 aliphatic heterocycles. The van der Waals surface area contributed by atoms with Crippen LogP contribution in [-0.4, -0.2) is 25.2 Å². The standard InChI is InChI=1S/C16H18N2O/c1-17-11-16-15-4-2-3-13(14(15)7-10-19-16)12-5-8-18-9-6-12/h2-6,8-9,16-17H,7,10-11H2,1H3. The van der Waals surface area contributed by atoms with Gasteiger partial charge in [0.25, 0.3) is 0 Å². The maximum Gasteiger partial charge on any atom is 0.0952 e.